The first-order valence-electron chi connectivity index (χ1n) is 6.73. The molecular formula is C16H14FN3O. The van der Waals surface area contributed by atoms with Crippen molar-refractivity contribution in [1.82, 2.24) is 4.98 Å². The molecule has 0 radical (unpaired) electrons. The van der Waals surface area contributed by atoms with Gasteiger partial charge in [-0.1, -0.05) is 12.1 Å². The van der Waals surface area contributed by atoms with E-state index in [4.69, 9.17) is 5.26 Å². The molecule has 106 valence electrons. The number of aromatic nitrogens is 1. The molecule has 1 aromatic carbocycles. The summed E-state index contributed by atoms with van der Waals surface area (Å²) in [5, 5.41) is 18.9. The van der Waals surface area contributed by atoms with Gasteiger partial charge in [0.2, 0.25) is 0 Å². The van der Waals surface area contributed by atoms with E-state index in [0.29, 0.717) is 18.7 Å². The first-order chi connectivity index (χ1) is 10.2. The first-order valence-corrected chi connectivity index (χ1v) is 6.73. The zero-order valence-electron chi connectivity index (χ0n) is 11.3. The number of benzene rings is 1. The molecule has 0 bridgehead atoms. The van der Waals surface area contributed by atoms with Gasteiger partial charge in [0, 0.05) is 18.4 Å². The van der Waals surface area contributed by atoms with Gasteiger partial charge < -0.3 is 10.0 Å². The topological polar surface area (TPSA) is 60.2 Å². The van der Waals surface area contributed by atoms with Crippen LogP contribution in [0.1, 0.15) is 23.7 Å². The lowest BCUT2D eigenvalue weighted by Gasteiger charge is -2.26. The molecule has 0 unspecified atom stereocenters. The Morgan fingerprint density at radius 1 is 1.29 bits per heavy atom. The number of hydrogen-bond acceptors (Lipinski definition) is 4. The molecule has 0 saturated carbocycles. The number of aliphatic hydroxyl groups excluding tert-OH is 1. The SMILES string of the molecule is N#Cc1cc(N2C[C@@H](O)C[C@@H]2c2ccc(F)cc2)ccn1. The minimum absolute atomic E-state index is 0.0328. The molecule has 2 heterocycles. The highest BCUT2D eigenvalue weighted by atomic mass is 19.1. The van der Waals surface area contributed by atoms with Crippen LogP contribution in [0.2, 0.25) is 0 Å². The Hall–Kier alpha value is -2.45. The quantitative estimate of drug-likeness (QED) is 0.919. The van der Waals surface area contributed by atoms with Gasteiger partial charge in [-0.3, -0.25) is 0 Å². The van der Waals surface area contributed by atoms with Crippen LogP contribution >= 0.6 is 0 Å². The van der Waals surface area contributed by atoms with Crippen LogP contribution in [-0.4, -0.2) is 22.7 Å². The summed E-state index contributed by atoms with van der Waals surface area (Å²) in [4.78, 5) is 5.99. The lowest BCUT2D eigenvalue weighted by Crippen LogP contribution is -2.24. The highest BCUT2D eigenvalue weighted by Crippen LogP contribution is 2.36. The second kappa shape index (κ2) is 5.51. The van der Waals surface area contributed by atoms with Gasteiger partial charge in [0.25, 0.3) is 0 Å². The van der Waals surface area contributed by atoms with Gasteiger partial charge in [-0.15, -0.1) is 0 Å². The lowest BCUT2D eigenvalue weighted by molar-refractivity contribution is 0.194. The maximum Gasteiger partial charge on any atom is 0.142 e. The number of anilines is 1. The van der Waals surface area contributed by atoms with Gasteiger partial charge in [-0.25, -0.2) is 9.37 Å². The van der Waals surface area contributed by atoms with Crippen molar-refractivity contribution in [3.8, 4) is 6.07 Å². The molecule has 1 saturated heterocycles. The van der Waals surface area contributed by atoms with Gasteiger partial charge in [-0.2, -0.15) is 5.26 Å². The molecule has 1 aliphatic heterocycles. The third kappa shape index (κ3) is 2.71. The fourth-order valence-corrected chi connectivity index (χ4v) is 2.76. The average molecular weight is 283 g/mol. The third-order valence-electron chi connectivity index (χ3n) is 3.72. The Bertz CT molecular complexity index is 681. The van der Waals surface area contributed by atoms with Crippen molar-refractivity contribution in [1.29, 1.82) is 5.26 Å². The zero-order valence-corrected chi connectivity index (χ0v) is 11.3. The highest BCUT2D eigenvalue weighted by Gasteiger charge is 2.32. The maximum atomic E-state index is 13.1. The van der Waals surface area contributed by atoms with Gasteiger partial charge in [0.15, 0.2) is 0 Å². The maximum absolute atomic E-state index is 13.1. The molecule has 5 heteroatoms. The van der Waals surface area contributed by atoms with Crippen molar-refractivity contribution >= 4 is 5.69 Å². The number of aliphatic hydroxyl groups is 1. The molecule has 1 fully saturated rings. The fourth-order valence-electron chi connectivity index (χ4n) is 2.76. The van der Waals surface area contributed by atoms with E-state index in [2.05, 4.69) is 4.98 Å². The minimum Gasteiger partial charge on any atom is -0.391 e. The Labute approximate surface area is 122 Å². The van der Waals surface area contributed by atoms with Crippen LogP contribution in [0.3, 0.4) is 0 Å². The molecule has 21 heavy (non-hydrogen) atoms. The molecule has 0 spiro atoms. The summed E-state index contributed by atoms with van der Waals surface area (Å²) in [5.74, 6) is -0.278. The Balaban J connectivity index is 1.95. The van der Waals surface area contributed by atoms with Crippen LogP contribution in [-0.2, 0) is 0 Å². The second-order valence-electron chi connectivity index (χ2n) is 5.12. The summed E-state index contributed by atoms with van der Waals surface area (Å²) >= 11 is 0. The minimum atomic E-state index is -0.446. The van der Waals surface area contributed by atoms with Crippen molar-refractivity contribution in [3.63, 3.8) is 0 Å². The average Bonchev–Trinajstić information content (AvgIpc) is 2.90. The molecule has 1 aliphatic rings. The van der Waals surface area contributed by atoms with Crippen molar-refractivity contribution in [2.24, 2.45) is 0 Å². The lowest BCUT2D eigenvalue weighted by atomic mass is 10.0. The number of hydrogen-bond donors (Lipinski definition) is 1. The van der Waals surface area contributed by atoms with Crippen LogP contribution in [0, 0.1) is 17.1 Å². The first kappa shape index (κ1) is 13.5. The van der Waals surface area contributed by atoms with Crippen LogP contribution in [0.15, 0.2) is 42.6 Å². The van der Waals surface area contributed by atoms with Crippen molar-refractivity contribution in [3.05, 3.63) is 59.7 Å². The Morgan fingerprint density at radius 2 is 2.05 bits per heavy atom. The molecule has 3 rings (SSSR count). The standard InChI is InChI=1S/C16H14FN3O/c17-12-3-1-11(2-4-12)16-8-15(21)10-20(16)14-5-6-19-13(7-14)9-18/h1-7,15-16,21H,8,10H2/t15-,16+/m0/s1. The second-order valence-corrected chi connectivity index (χ2v) is 5.12. The zero-order chi connectivity index (χ0) is 14.8. The number of nitrogens with zero attached hydrogens (tertiary/aromatic N) is 3. The van der Waals surface area contributed by atoms with Gasteiger partial charge in [-0.05, 0) is 36.2 Å². The van der Waals surface area contributed by atoms with E-state index in [1.807, 2.05) is 17.0 Å². The number of halogens is 1. The van der Waals surface area contributed by atoms with E-state index >= 15 is 0 Å². The predicted octanol–water partition coefficient (Wildman–Crippen LogP) is 2.40. The summed E-state index contributed by atoms with van der Waals surface area (Å²) < 4.78 is 13.1. The van der Waals surface area contributed by atoms with E-state index in [-0.39, 0.29) is 11.9 Å². The predicted molar refractivity (Wildman–Crippen MR) is 76.1 cm³/mol. The fraction of sp³-hybridized carbons (Fsp3) is 0.250. The monoisotopic (exact) mass is 283 g/mol. The smallest absolute Gasteiger partial charge is 0.142 e. The summed E-state index contributed by atoms with van der Waals surface area (Å²) in [7, 11) is 0. The van der Waals surface area contributed by atoms with Crippen molar-refractivity contribution < 1.29 is 9.50 Å². The summed E-state index contributed by atoms with van der Waals surface area (Å²) in [6, 6.07) is 11.8. The molecule has 2 aromatic rings. The number of β-amino-alcohol motifs (C(OH)–C–C–N with tert-alkyl or cyclic N) is 1. The summed E-state index contributed by atoms with van der Waals surface area (Å²) in [5.41, 5.74) is 2.13. The molecule has 0 aliphatic carbocycles. The van der Waals surface area contributed by atoms with E-state index in [9.17, 15) is 9.50 Å². The van der Waals surface area contributed by atoms with Gasteiger partial charge in [0.05, 0.1) is 12.1 Å². The van der Waals surface area contributed by atoms with E-state index in [1.54, 1.807) is 24.4 Å². The molecule has 0 amide bonds. The van der Waals surface area contributed by atoms with E-state index in [1.165, 1.54) is 12.1 Å². The Kier molecular flexibility index (Phi) is 3.55. The molecule has 1 aromatic heterocycles. The Morgan fingerprint density at radius 3 is 2.76 bits per heavy atom. The normalized spacial score (nSPS) is 21.3. The molecule has 2 atom stereocenters. The summed E-state index contributed by atoms with van der Waals surface area (Å²) in [6.45, 7) is 0.483. The van der Waals surface area contributed by atoms with Crippen LogP contribution in [0.4, 0.5) is 10.1 Å². The number of nitriles is 1. The summed E-state index contributed by atoms with van der Waals surface area (Å²) in [6.07, 6.45) is 1.72. The molecule has 1 N–H and O–H groups in total. The van der Waals surface area contributed by atoms with E-state index < -0.39 is 6.10 Å². The van der Waals surface area contributed by atoms with Crippen molar-refractivity contribution in [2.45, 2.75) is 18.6 Å². The van der Waals surface area contributed by atoms with E-state index in [0.717, 1.165) is 11.3 Å². The van der Waals surface area contributed by atoms with Gasteiger partial charge >= 0.3 is 0 Å². The van der Waals surface area contributed by atoms with Gasteiger partial charge in [0.1, 0.15) is 17.6 Å². The number of pyridine rings is 1. The number of rotatable bonds is 2. The molecule has 4 nitrogen and oxygen atoms in total. The molecular weight excluding hydrogens is 269 g/mol. The van der Waals surface area contributed by atoms with Crippen LogP contribution in [0.25, 0.3) is 0 Å². The van der Waals surface area contributed by atoms with Crippen molar-refractivity contribution in [2.75, 3.05) is 11.4 Å². The third-order valence-corrected chi connectivity index (χ3v) is 3.72. The highest BCUT2D eigenvalue weighted by molar-refractivity contribution is 5.52. The van der Waals surface area contributed by atoms with Crippen LogP contribution in [0.5, 0.6) is 0 Å². The van der Waals surface area contributed by atoms with Crippen LogP contribution < -0.4 is 4.90 Å². The largest absolute Gasteiger partial charge is 0.391 e.